The molecule has 3 rings (SSSR count). The Morgan fingerprint density at radius 1 is 1.24 bits per heavy atom. The molecule has 0 spiro atoms. The summed E-state index contributed by atoms with van der Waals surface area (Å²) in [7, 11) is 5.55. The summed E-state index contributed by atoms with van der Waals surface area (Å²) in [4.78, 5) is 14.5. The number of amides is 2. The van der Waals surface area contributed by atoms with Gasteiger partial charge in [0.2, 0.25) is 0 Å². The standard InChI is InChI=1S/C18H25N5O2/c1-22-9-7-14(8-10-22)19-18(24)20-17-12-16(21-23(17)2)13-5-4-6-15(11-13)25-3/h4-6,11-12,14H,7-10H2,1-3H3,(H2,19,20,24). The first-order chi connectivity index (χ1) is 12.0. The molecule has 2 amide bonds. The number of carbonyl (C=O) groups is 1. The molecule has 1 aliphatic heterocycles. The summed E-state index contributed by atoms with van der Waals surface area (Å²) in [5, 5.41) is 10.4. The third-order valence-corrected chi connectivity index (χ3v) is 4.54. The molecule has 2 N–H and O–H groups in total. The minimum Gasteiger partial charge on any atom is -0.497 e. The molecule has 7 heteroatoms. The van der Waals surface area contributed by atoms with Crippen molar-refractivity contribution in [3.05, 3.63) is 30.3 Å². The van der Waals surface area contributed by atoms with E-state index in [0.717, 1.165) is 42.9 Å². The first-order valence-corrected chi connectivity index (χ1v) is 8.49. The molecule has 1 aliphatic rings. The van der Waals surface area contributed by atoms with Gasteiger partial charge < -0.3 is 15.0 Å². The van der Waals surface area contributed by atoms with Crippen molar-refractivity contribution in [1.82, 2.24) is 20.0 Å². The highest BCUT2D eigenvalue weighted by molar-refractivity contribution is 5.89. The number of piperidine rings is 1. The van der Waals surface area contributed by atoms with Crippen LogP contribution in [-0.4, -0.2) is 54.0 Å². The fourth-order valence-electron chi connectivity index (χ4n) is 3.00. The second kappa shape index (κ2) is 7.57. The van der Waals surface area contributed by atoms with Crippen LogP contribution in [-0.2, 0) is 7.05 Å². The van der Waals surface area contributed by atoms with Crippen LogP contribution in [0.1, 0.15) is 12.8 Å². The number of hydrogen-bond acceptors (Lipinski definition) is 4. The van der Waals surface area contributed by atoms with E-state index in [1.165, 1.54) is 0 Å². The number of methoxy groups -OCH3 is 1. The highest BCUT2D eigenvalue weighted by atomic mass is 16.5. The largest absolute Gasteiger partial charge is 0.497 e. The summed E-state index contributed by atoms with van der Waals surface area (Å²) in [6.45, 7) is 2.02. The van der Waals surface area contributed by atoms with Gasteiger partial charge in [-0.3, -0.25) is 10.00 Å². The highest BCUT2D eigenvalue weighted by Gasteiger charge is 2.19. The first-order valence-electron chi connectivity index (χ1n) is 8.49. The highest BCUT2D eigenvalue weighted by Crippen LogP contribution is 2.25. The van der Waals surface area contributed by atoms with Crippen molar-refractivity contribution in [2.75, 3.05) is 32.6 Å². The summed E-state index contributed by atoms with van der Waals surface area (Å²) >= 11 is 0. The van der Waals surface area contributed by atoms with E-state index in [9.17, 15) is 4.79 Å². The molecular formula is C18H25N5O2. The topological polar surface area (TPSA) is 71.4 Å². The number of aromatic nitrogens is 2. The summed E-state index contributed by atoms with van der Waals surface area (Å²) in [5.41, 5.74) is 1.73. The molecule has 0 bridgehead atoms. The lowest BCUT2D eigenvalue weighted by atomic mass is 10.1. The summed E-state index contributed by atoms with van der Waals surface area (Å²) < 4.78 is 6.92. The van der Waals surface area contributed by atoms with E-state index in [0.29, 0.717) is 5.82 Å². The Bertz CT molecular complexity index is 735. The quantitative estimate of drug-likeness (QED) is 0.894. The number of nitrogens with one attached hydrogen (secondary N) is 2. The number of anilines is 1. The average molecular weight is 343 g/mol. The van der Waals surface area contributed by atoms with Gasteiger partial charge in [0, 0.05) is 24.7 Å². The molecule has 7 nitrogen and oxygen atoms in total. The van der Waals surface area contributed by atoms with E-state index < -0.39 is 0 Å². The maximum atomic E-state index is 12.3. The van der Waals surface area contributed by atoms with Gasteiger partial charge >= 0.3 is 6.03 Å². The van der Waals surface area contributed by atoms with Crippen molar-refractivity contribution in [2.45, 2.75) is 18.9 Å². The number of nitrogens with zero attached hydrogens (tertiary/aromatic N) is 3. The molecule has 134 valence electrons. The van der Waals surface area contributed by atoms with Gasteiger partial charge in [0.15, 0.2) is 0 Å². The minimum atomic E-state index is -0.185. The number of urea groups is 1. The van der Waals surface area contributed by atoms with Crippen LogP contribution in [0.15, 0.2) is 30.3 Å². The molecule has 0 saturated carbocycles. The third kappa shape index (κ3) is 4.30. The van der Waals surface area contributed by atoms with E-state index in [1.54, 1.807) is 11.8 Å². The van der Waals surface area contributed by atoms with Crippen LogP contribution in [0.3, 0.4) is 0 Å². The summed E-state index contributed by atoms with van der Waals surface area (Å²) in [6.07, 6.45) is 1.95. The van der Waals surface area contributed by atoms with E-state index in [2.05, 4.69) is 27.7 Å². The number of hydrogen-bond donors (Lipinski definition) is 2. The third-order valence-electron chi connectivity index (χ3n) is 4.54. The Labute approximate surface area is 148 Å². The lowest BCUT2D eigenvalue weighted by Crippen LogP contribution is -2.45. The van der Waals surface area contributed by atoms with Crippen molar-refractivity contribution in [1.29, 1.82) is 0 Å². The smallest absolute Gasteiger partial charge is 0.320 e. The van der Waals surface area contributed by atoms with Gasteiger partial charge in [0.05, 0.1) is 12.8 Å². The number of likely N-dealkylation sites (tertiary alicyclic amines) is 1. The van der Waals surface area contributed by atoms with Crippen LogP contribution in [0.4, 0.5) is 10.6 Å². The molecule has 0 radical (unpaired) electrons. The molecule has 0 unspecified atom stereocenters. The molecule has 1 aromatic carbocycles. The Balaban J connectivity index is 1.65. The predicted molar refractivity (Wildman–Crippen MR) is 97.9 cm³/mol. The zero-order valence-electron chi connectivity index (χ0n) is 15.0. The number of aryl methyl sites for hydroxylation is 1. The van der Waals surface area contributed by atoms with Crippen LogP contribution in [0.2, 0.25) is 0 Å². The normalized spacial score (nSPS) is 15.8. The molecule has 25 heavy (non-hydrogen) atoms. The van der Waals surface area contributed by atoms with E-state index in [1.807, 2.05) is 37.4 Å². The van der Waals surface area contributed by atoms with Crippen LogP contribution in [0, 0.1) is 0 Å². The van der Waals surface area contributed by atoms with Gasteiger partial charge in [-0.05, 0) is 45.1 Å². The Hall–Kier alpha value is -2.54. The maximum Gasteiger partial charge on any atom is 0.320 e. The zero-order valence-corrected chi connectivity index (χ0v) is 15.0. The Morgan fingerprint density at radius 3 is 2.72 bits per heavy atom. The molecule has 1 fully saturated rings. The van der Waals surface area contributed by atoms with E-state index in [4.69, 9.17) is 4.74 Å². The predicted octanol–water partition coefficient (Wildman–Crippen LogP) is 2.31. The average Bonchev–Trinajstić information content (AvgIpc) is 2.97. The second-order valence-electron chi connectivity index (χ2n) is 6.45. The van der Waals surface area contributed by atoms with Gasteiger partial charge in [-0.2, -0.15) is 5.10 Å². The van der Waals surface area contributed by atoms with Gasteiger partial charge in [0.1, 0.15) is 11.6 Å². The summed E-state index contributed by atoms with van der Waals surface area (Å²) in [6, 6.07) is 9.60. The van der Waals surface area contributed by atoms with Gasteiger partial charge in [-0.1, -0.05) is 12.1 Å². The number of ether oxygens (including phenoxy) is 1. The second-order valence-corrected chi connectivity index (χ2v) is 6.45. The molecule has 1 saturated heterocycles. The minimum absolute atomic E-state index is 0.185. The van der Waals surface area contributed by atoms with Gasteiger partial charge in [0.25, 0.3) is 0 Å². The monoisotopic (exact) mass is 343 g/mol. The lowest BCUT2D eigenvalue weighted by Gasteiger charge is -2.29. The number of benzene rings is 1. The van der Waals surface area contributed by atoms with Gasteiger partial charge in [-0.15, -0.1) is 0 Å². The van der Waals surface area contributed by atoms with Crippen molar-refractivity contribution >= 4 is 11.8 Å². The van der Waals surface area contributed by atoms with Crippen molar-refractivity contribution in [3.63, 3.8) is 0 Å². The Kier molecular flexibility index (Phi) is 5.23. The fraction of sp³-hybridized carbons (Fsp3) is 0.444. The van der Waals surface area contributed by atoms with E-state index >= 15 is 0 Å². The van der Waals surface area contributed by atoms with Crippen LogP contribution in [0.25, 0.3) is 11.3 Å². The zero-order chi connectivity index (χ0) is 17.8. The van der Waals surface area contributed by atoms with Crippen molar-refractivity contribution in [2.24, 2.45) is 7.05 Å². The Morgan fingerprint density at radius 2 is 2.00 bits per heavy atom. The molecule has 0 aliphatic carbocycles. The molecule has 2 heterocycles. The van der Waals surface area contributed by atoms with Crippen LogP contribution >= 0.6 is 0 Å². The fourth-order valence-corrected chi connectivity index (χ4v) is 3.00. The first kappa shape index (κ1) is 17.3. The lowest BCUT2D eigenvalue weighted by molar-refractivity contribution is 0.221. The molecule has 2 aromatic rings. The van der Waals surface area contributed by atoms with Crippen molar-refractivity contribution in [3.8, 4) is 17.0 Å². The van der Waals surface area contributed by atoms with Gasteiger partial charge in [-0.25, -0.2) is 4.79 Å². The maximum absolute atomic E-state index is 12.3. The van der Waals surface area contributed by atoms with Crippen LogP contribution < -0.4 is 15.4 Å². The molecule has 0 atom stereocenters. The number of carbonyl (C=O) groups excluding carboxylic acids is 1. The summed E-state index contributed by atoms with van der Waals surface area (Å²) in [5.74, 6) is 1.43. The SMILES string of the molecule is COc1cccc(-c2cc(NC(=O)NC3CCN(C)CC3)n(C)n2)c1. The van der Waals surface area contributed by atoms with E-state index in [-0.39, 0.29) is 12.1 Å². The van der Waals surface area contributed by atoms with Crippen LogP contribution in [0.5, 0.6) is 5.75 Å². The molecular weight excluding hydrogens is 318 g/mol. The molecule has 1 aromatic heterocycles. The number of rotatable bonds is 4. The van der Waals surface area contributed by atoms with Crippen molar-refractivity contribution < 1.29 is 9.53 Å².